The fraction of sp³-hybridized carbons (Fsp3) is 0.235. The Bertz CT molecular complexity index is 629. The molecule has 5 heteroatoms. The monoisotopic (exact) mass is 318 g/mol. The van der Waals surface area contributed by atoms with Crippen molar-refractivity contribution in [3.05, 3.63) is 64.7 Å². The fourth-order valence-corrected chi connectivity index (χ4v) is 2.22. The number of benzene rings is 2. The van der Waals surface area contributed by atoms with Crippen LogP contribution in [0.1, 0.15) is 11.1 Å². The van der Waals surface area contributed by atoms with Crippen LogP contribution in [0.4, 0.5) is 4.79 Å². The molecule has 0 atom stereocenters. The van der Waals surface area contributed by atoms with E-state index in [2.05, 4.69) is 5.32 Å². The van der Waals surface area contributed by atoms with E-state index in [1.165, 1.54) is 0 Å². The smallest absolute Gasteiger partial charge is 0.317 e. The Morgan fingerprint density at radius 2 is 1.86 bits per heavy atom. The van der Waals surface area contributed by atoms with E-state index < -0.39 is 0 Å². The topological polar surface area (TPSA) is 41.6 Å². The molecule has 0 bridgehead atoms. The van der Waals surface area contributed by atoms with Crippen molar-refractivity contribution in [2.75, 3.05) is 14.2 Å². The molecule has 2 aromatic carbocycles. The molecule has 22 heavy (non-hydrogen) atoms. The number of methoxy groups -OCH3 is 1. The number of hydrogen-bond donors (Lipinski definition) is 1. The molecule has 1 N–H and O–H groups in total. The lowest BCUT2D eigenvalue weighted by molar-refractivity contribution is 0.206. The number of para-hydroxylation sites is 1. The van der Waals surface area contributed by atoms with Crippen molar-refractivity contribution in [1.82, 2.24) is 10.2 Å². The summed E-state index contributed by atoms with van der Waals surface area (Å²) in [6.07, 6.45) is 0. The molecule has 0 heterocycles. The molecule has 0 saturated heterocycles. The van der Waals surface area contributed by atoms with E-state index in [0.29, 0.717) is 18.1 Å². The van der Waals surface area contributed by atoms with E-state index in [1.807, 2.05) is 48.5 Å². The number of nitrogens with zero attached hydrogens (tertiary/aromatic N) is 1. The van der Waals surface area contributed by atoms with E-state index >= 15 is 0 Å². The number of ether oxygens (including phenoxy) is 1. The third-order valence-corrected chi connectivity index (χ3v) is 3.55. The minimum absolute atomic E-state index is 0.138. The first-order valence-corrected chi connectivity index (χ1v) is 7.33. The van der Waals surface area contributed by atoms with Gasteiger partial charge >= 0.3 is 6.03 Å². The molecule has 116 valence electrons. The summed E-state index contributed by atoms with van der Waals surface area (Å²) in [6, 6.07) is 14.9. The van der Waals surface area contributed by atoms with Crippen LogP contribution in [-0.4, -0.2) is 25.1 Å². The van der Waals surface area contributed by atoms with Crippen LogP contribution < -0.4 is 10.1 Å². The molecule has 2 aromatic rings. The quantitative estimate of drug-likeness (QED) is 0.913. The molecule has 0 spiro atoms. The maximum Gasteiger partial charge on any atom is 0.317 e. The van der Waals surface area contributed by atoms with Crippen molar-refractivity contribution in [2.45, 2.75) is 13.1 Å². The van der Waals surface area contributed by atoms with Gasteiger partial charge in [-0.3, -0.25) is 0 Å². The second-order valence-corrected chi connectivity index (χ2v) is 5.39. The van der Waals surface area contributed by atoms with Gasteiger partial charge in [0.05, 0.1) is 7.11 Å². The van der Waals surface area contributed by atoms with Crippen molar-refractivity contribution in [2.24, 2.45) is 0 Å². The Morgan fingerprint density at radius 1 is 1.18 bits per heavy atom. The van der Waals surface area contributed by atoms with Crippen LogP contribution in [0, 0.1) is 0 Å². The maximum absolute atomic E-state index is 12.1. The van der Waals surface area contributed by atoms with Crippen LogP contribution in [0.15, 0.2) is 48.5 Å². The zero-order valence-electron chi connectivity index (χ0n) is 12.7. The first-order valence-electron chi connectivity index (χ1n) is 6.95. The third-order valence-electron chi connectivity index (χ3n) is 3.30. The van der Waals surface area contributed by atoms with Gasteiger partial charge in [0.2, 0.25) is 0 Å². The van der Waals surface area contributed by atoms with E-state index in [4.69, 9.17) is 16.3 Å². The van der Waals surface area contributed by atoms with E-state index in [1.54, 1.807) is 19.1 Å². The van der Waals surface area contributed by atoms with Crippen molar-refractivity contribution in [3.8, 4) is 5.75 Å². The standard InChI is InChI=1S/C17H19ClN2O2/c1-20(12-13-7-9-15(18)10-8-13)17(21)19-11-14-5-3-4-6-16(14)22-2/h3-10H,11-12H2,1-2H3,(H,19,21). The average Bonchev–Trinajstić information content (AvgIpc) is 2.54. The van der Waals surface area contributed by atoms with Gasteiger partial charge in [0.15, 0.2) is 0 Å². The predicted molar refractivity (Wildman–Crippen MR) is 88.1 cm³/mol. The van der Waals surface area contributed by atoms with Gasteiger partial charge in [0, 0.05) is 30.7 Å². The van der Waals surface area contributed by atoms with Gasteiger partial charge in [-0.2, -0.15) is 0 Å². The number of nitrogens with one attached hydrogen (secondary N) is 1. The number of rotatable bonds is 5. The molecule has 2 rings (SSSR count). The largest absolute Gasteiger partial charge is 0.496 e. The molecule has 0 aliphatic carbocycles. The van der Waals surface area contributed by atoms with E-state index in [-0.39, 0.29) is 6.03 Å². The van der Waals surface area contributed by atoms with Crippen LogP contribution >= 0.6 is 11.6 Å². The van der Waals surface area contributed by atoms with Crippen LogP contribution in [0.25, 0.3) is 0 Å². The minimum Gasteiger partial charge on any atom is -0.496 e. The van der Waals surface area contributed by atoms with Crippen molar-refractivity contribution in [1.29, 1.82) is 0 Å². The van der Waals surface area contributed by atoms with Gasteiger partial charge in [-0.1, -0.05) is 41.9 Å². The molecule has 0 aromatic heterocycles. The molecule has 0 aliphatic heterocycles. The summed E-state index contributed by atoms with van der Waals surface area (Å²) in [6.45, 7) is 0.947. The zero-order valence-corrected chi connectivity index (χ0v) is 13.4. The summed E-state index contributed by atoms with van der Waals surface area (Å²) in [5.74, 6) is 0.767. The Balaban J connectivity index is 1.90. The van der Waals surface area contributed by atoms with Gasteiger partial charge < -0.3 is 15.0 Å². The fourth-order valence-electron chi connectivity index (χ4n) is 2.09. The number of halogens is 1. The van der Waals surface area contributed by atoms with Crippen LogP contribution in [0.2, 0.25) is 5.02 Å². The van der Waals surface area contributed by atoms with Crippen LogP contribution in [0.5, 0.6) is 5.75 Å². The van der Waals surface area contributed by atoms with Crippen molar-refractivity contribution < 1.29 is 9.53 Å². The first kappa shape index (κ1) is 16.2. The normalized spacial score (nSPS) is 10.1. The molecular weight excluding hydrogens is 300 g/mol. The highest BCUT2D eigenvalue weighted by atomic mass is 35.5. The number of hydrogen-bond acceptors (Lipinski definition) is 2. The maximum atomic E-state index is 12.1. The molecule has 0 fully saturated rings. The van der Waals surface area contributed by atoms with Crippen LogP contribution in [-0.2, 0) is 13.1 Å². The third kappa shape index (κ3) is 4.40. The van der Waals surface area contributed by atoms with Gasteiger partial charge in [0.25, 0.3) is 0 Å². The van der Waals surface area contributed by atoms with Gasteiger partial charge in [-0.15, -0.1) is 0 Å². The molecule has 0 aliphatic rings. The van der Waals surface area contributed by atoms with Crippen LogP contribution in [0.3, 0.4) is 0 Å². The summed E-state index contributed by atoms with van der Waals surface area (Å²) in [4.78, 5) is 13.8. The number of urea groups is 1. The molecule has 0 unspecified atom stereocenters. The lowest BCUT2D eigenvalue weighted by Crippen LogP contribution is -2.36. The Morgan fingerprint density at radius 3 is 2.55 bits per heavy atom. The zero-order chi connectivity index (χ0) is 15.9. The highest BCUT2D eigenvalue weighted by Crippen LogP contribution is 2.17. The SMILES string of the molecule is COc1ccccc1CNC(=O)N(C)Cc1ccc(Cl)cc1. The number of carbonyl (C=O) groups excluding carboxylic acids is 1. The summed E-state index contributed by atoms with van der Waals surface area (Å²) >= 11 is 5.85. The second-order valence-electron chi connectivity index (χ2n) is 4.95. The average molecular weight is 319 g/mol. The number of carbonyl (C=O) groups is 1. The molecule has 0 radical (unpaired) electrons. The summed E-state index contributed by atoms with van der Waals surface area (Å²) < 4.78 is 5.27. The molecule has 4 nitrogen and oxygen atoms in total. The van der Waals surface area contributed by atoms with E-state index in [9.17, 15) is 4.79 Å². The van der Waals surface area contributed by atoms with Gasteiger partial charge in [0.1, 0.15) is 5.75 Å². The number of amides is 2. The van der Waals surface area contributed by atoms with Crippen molar-refractivity contribution >= 4 is 17.6 Å². The molecular formula is C17H19ClN2O2. The lowest BCUT2D eigenvalue weighted by Gasteiger charge is -2.18. The summed E-state index contributed by atoms with van der Waals surface area (Å²) in [7, 11) is 3.37. The lowest BCUT2D eigenvalue weighted by atomic mass is 10.2. The highest BCUT2D eigenvalue weighted by Gasteiger charge is 2.10. The predicted octanol–water partition coefficient (Wildman–Crippen LogP) is 3.69. The van der Waals surface area contributed by atoms with Gasteiger partial charge in [-0.25, -0.2) is 4.79 Å². The first-order chi connectivity index (χ1) is 10.6. The van der Waals surface area contributed by atoms with Crippen molar-refractivity contribution in [3.63, 3.8) is 0 Å². The Kier molecular flexibility index (Phi) is 5.67. The second kappa shape index (κ2) is 7.71. The molecule has 2 amide bonds. The van der Waals surface area contributed by atoms with E-state index in [0.717, 1.165) is 16.9 Å². The minimum atomic E-state index is -0.138. The van der Waals surface area contributed by atoms with Gasteiger partial charge in [-0.05, 0) is 23.8 Å². The highest BCUT2D eigenvalue weighted by molar-refractivity contribution is 6.30. The summed E-state index contributed by atoms with van der Waals surface area (Å²) in [5.41, 5.74) is 1.97. The molecule has 0 saturated carbocycles. The Hall–Kier alpha value is -2.20. The summed E-state index contributed by atoms with van der Waals surface area (Å²) in [5, 5.41) is 3.57. The Labute approximate surface area is 135 Å².